The van der Waals surface area contributed by atoms with E-state index in [-0.39, 0.29) is 16.9 Å². The Morgan fingerprint density at radius 2 is 1.75 bits per heavy atom. The van der Waals surface area contributed by atoms with Crippen LogP contribution in [0.1, 0.15) is 34.6 Å². The summed E-state index contributed by atoms with van der Waals surface area (Å²) in [5.41, 5.74) is 1.58. The molecule has 0 bridgehead atoms. The second-order valence-corrected chi connectivity index (χ2v) is 6.07. The topological polar surface area (TPSA) is 98.0 Å². The largest absolute Gasteiger partial charge is 0.493 e. The monoisotopic (exact) mass is 378 g/mol. The second-order valence-electron chi connectivity index (χ2n) is 6.07. The standard InChI is InChI=1S/C21H18N2O5/c1-12(24)14-7-9-16(10-8-14)23-21-17(20(26)22-13(2)25)11-15-5-4-6-18(27-3)19(15)28-21/h4-11H,1-3H3,(H,22,25,26). The van der Waals surface area contributed by atoms with Gasteiger partial charge in [0.1, 0.15) is 5.56 Å². The quantitative estimate of drug-likeness (QED) is 0.703. The van der Waals surface area contributed by atoms with Crippen LogP contribution in [0.5, 0.6) is 5.75 Å². The first-order valence-corrected chi connectivity index (χ1v) is 8.47. The molecule has 7 nitrogen and oxygen atoms in total. The minimum atomic E-state index is -0.625. The van der Waals surface area contributed by atoms with Gasteiger partial charge in [0, 0.05) is 17.9 Å². The fourth-order valence-corrected chi connectivity index (χ4v) is 2.65. The molecule has 2 aromatic carbocycles. The van der Waals surface area contributed by atoms with Crippen LogP contribution in [0.2, 0.25) is 0 Å². The van der Waals surface area contributed by atoms with Gasteiger partial charge >= 0.3 is 0 Å². The summed E-state index contributed by atoms with van der Waals surface area (Å²) in [4.78, 5) is 39.6. The molecule has 0 spiro atoms. The number of imide groups is 1. The molecule has 0 radical (unpaired) electrons. The molecule has 3 aromatic rings. The molecule has 28 heavy (non-hydrogen) atoms. The average molecular weight is 378 g/mol. The Bertz CT molecular complexity index is 1140. The summed E-state index contributed by atoms with van der Waals surface area (Å²) >= 11 is 0. The van der Waals surface area contributed by atoms with Crippen molar-refractivity contribution in [3.05, 3.63) is 65.2 Å². The van der Waals surface area contributed by atoms with Crippen LogP contribution in [-0.2, 0) is 4.79 Å². The molecule has 0 fully saturated rings. The number of carbonyl (C=O) groups is 3. The summed E-state index contributed by atoms with van der Waals surface area (Å²) in [5, 5.41) is 2.85. The number of benzene rings is 2. The van der Waals surface area contributed by atoms with Crippen molar-refractivity contribution in [1.29, 1.82) is 0 Å². The van der Waals surface area contributed by atoms with Crippen molar-refractivity contribution in [2.75, 3.05) is 7.11 Å². The molecule has 3 rings (SSSR count). The van der Waals surface area contributed by atoms with Gasteiger partial charge in [-0.25, -0.2) is 4.99 Å². The number of ether oxygens (including phenoxy) is 1. The zero-order chi connectivity index (χ0) is 20.3. The van der Waals surface area contributed by atoms with Crippen molar-refractivity contribution < 1.29 is 23.5 Å². The van der Waals surface area contributed by atoms with Gasteiger partial charge in [-0.1, -0.05) is 12.1 Å². The number of fused-ring (bicyclic) bond motifs is 1. The lowest BCUT2D eigenvalue weighted by molar-refractivity contribution is -0.118. The predicted molar refractivity (Wildman–Crippen MR) is 103 cm³/mol. The van der Waals surface area contributed by atoms with Gasteiger partial charge in [-0.3, -0.25) is 19.7 Å². The first kappa shape index (κ1) is 19.0. The Balaban J connectivity index is 2.23. The number of Topliss-reactive ketones (excluding diaryl/α,β-unsaturated/α-hetero) is 1. The van der Waals surface area contributed by atoms with Crippen LogP contribution in [0, 0.1) is 0 Å². The number of methoxy groups -OCH3 is 1. The van der Waals surface area contributed by atoms with Crippen molar-refractivity contribution in [3.8, 4) is 5.75 Å². The van der Waals surface area contributed by atoms with Crippen LogP contribution >= 0.6 is 0 Å². The van der Waals surface area contributed by atoms with Gasteiger partial charge < -0.3 is 9.15 Å². The molecule has 7 heteroatoms. The van der Waals surface area contributed by atoms with Gasteiger partial charge in [-0.2, -0.15) is 0 Å². The summed E-state index contributed by atoms with van der Waals surface area (Å²) in [6.45, 7) is 2.72. The molecule has 142 valence electrons. The van der Waals surface area contributed by atoms with Crippen LogP contribution < -0.4 is 15.6 Å². The molecule has 1 aromatic heterocycles. The maximum Gasteiger partial charge on any atom is 0.263 e. The molecule has 2 amide bonds. The zero-order valence-electron chi connectivity index (χ0n) is 15.6. The maximum absolute atomic E-state index is 12.5. The van der Waals surface area contributed by atoms with Crippen LogP contribution in [0.3, 0.4) is 0 Å². The van der Waals surface area contributed by atoms with E-state index in [9.17, 15) is 14.4 Å². The first-order valence-electron chi connectivity index (χ1n) is 8.47. The number of para-hydroxylation sites is 1. The maximum atomic E-state index is 12.5. The minimum Gasteiger partial charge on any atom is -0.493 e. The third-order valence-corrected chi connectivity index (χ3v) is 4.00. The van der Waals surface area contributed by atoms with Crippen molar-refractivity contribution in [3.63, 3.8) is 0 Å². The number of nitrogens with zero attached hydrogens (tertiary/aromatic N) is 1. The molecule has 0 aliphatic carbocycles. The molecule has 1 N–H and O–H groups in total. The summed E-state index contributed by atoms with van der Waals surface area (Å²) in [5.74, 6) is -0.694. The lowest BCUT2D eigenvalue weighted by atomic mass is 10.1. The Labute approximate surface area is 160 Å². The van der Waals surface area contributed by atoms with Crippen LogP contribution in [0.15, 0.2) is 57.9 Å². The molecule has 0 saturated heterocycles. The van der Waals surface area contributed by atoms with Gasteiger partial charge in [0.2, 0.25) is 11.5 Å². The van der Waals surface area contributed by atoms with E-state index in [0.29, 0.717) is 28.0 Å². The average Bonchev–Trinajstić information content (AvgIpc) is 2.66. The van der Waals surface area contributed by atoms with Crippen molar-refractivity contribution in [2.45, 2.75) is 13.8 Å². The smallest absolute Gasteiger partial charge is 0.263 e. The highest BCUT2D eigenvalue weighted by Crippen LogP contribution is 2.25. The Morgan fingerprint density at radius 1 is 1.04 bits per heavy atom. The number of nitrogens with one attached hydrogen (secondary N) is 1. The number of carbonyl (C=O) groups excluding carboxylic acids is 3. The van der Waals surface area contributed by atoms with E-state index in [1.165, 1.54) is 21.0 Å². The third kappa shape index (κ3) is 3.98. The van der Waals surface area contributed by atoms with E-state index in [0.717, 1.165) is 0 Å². The van der Waals surface area contributed by atoms with Crippen LogP contribution in [-0.4, -0.2) is 24.7 Å². The number of rotatable bonds is 4. The third-order valence-electron chi connectivity index (χ3n) is 4.00. The summed E-state index contributed by atoms with van der Waals surface area (Å²) in [7, 11) is 1.51. The van der Waals surface area contributed by atoms with Crippen LogP contribution in [0.25, 0.3) is 11.0 Å². The zero-order valence-corrected chi connectivity index (χ0v) is 15.6. The fraction of sp³-hybridized carbons (Fsp3) is 0.143. The summed E-state index contributed by atoms with van der Waals surface area (Å²) in [6, 6.07) is 13.4. The number of hydrogen-bond acceptors (Lipinski definition) is 6. The Kier molecular flexibility index (Phi) is 5.35. The van der Waals surface area contributed by atoms with Crippen molar-refractivity contribution >= 4 is 34.3 Å². The van der Waals surface area contributed by atoms with E-state index in [1.807, 2.05) is 0 Å². The van der Waals surface area contributed by atoms with E-state index >= 15 is 0 Å². The Hall–Kier alpha value is -3.74. The predicted octanol–water partition coefficient (Wildman–Crippen LogP) is 3.15. The molecular formula is C21H18N2O5. The van der Waals surface area contributed by atoms with E-state index in [4.69, 9.17) is 9.15 Å². The van der Waals surface area contributed by atoms with Gasteiger partial charge in [-0.05, 0) is 43.3 Å². The number of hydrogen-bond donors (Lipinski definition) is 1. The highest BCUT2D eigenvalue weighted by molar-refractivity contribution is 6.05. The molecule has 0 saturated carbocycles. The lowest BCUT2D eigenvalue weighted by Gasteiger charge is -2.07. The molecule has 0 unspecified atom stereocenters. The molecule has 0 atom stereocenters. The minimum absolute atomic E-state index is 0.0197. The van der Waals surface area contributed by atoms with Crippen LogP contribution in [0.4, 0.5) is 5.69 Å². The summed E-state index contributed by atoms with van der Waals surface area (Å²) < 4.78 is 11.2. The second kappa shape index (κ2) is 7.87. The molecular weight excluding hydrogens is 360 g/mol. The van der Waals surface area contributed by atoms with E-state index in [1.54, 1.807) is 48.5 Å². The number of ketones is 1. The highest BCUT2D eigenvalue weighted by atomic mass is 16.5. The van der Waals surface area contributed by atoms with Crippen molar-refractivity contribution in [1.82, 2.24) is 5.32 Å². The van der Waals surface area contributed by atoms with Crippen molar-refractivity contribution in [2.24, 2.45) is 4.99 Å². The van der Waals surface area contributed by atoms with Gasteiger partial charge in [0.25, 0.3) is 5.91 Å². The van der Waals surface area contributed by atoms with Gasteiger partial charge in [0.15, 0.2) is 17.1 Å². The Morgan fingerprint density at radius 3 is 2.36 bits per heavy atom. The first-order chi connectivity index (χ1) is 13.4. The molecule has 0 aliphatic heterocycles. The van der Waals surface area contributed by atoms with E-state index < -0.39 is 11.8 Å². The highest BCUT2D eigenvalue weighted by Gasteiger charge is 2.15. The molecule has 1 heterocycles. The summed E-state index contributed by atoms with van der Waals surface area (Å²) in [6.07, 6.45) is 0. The number of amides is 2. The SMILES string of the molecule is COc1cccc2cc(C(=O)NC(C)=O)c(=Nc3ccc(C(C)=O)cc3)oc12. The molecule has 0 aliphatic rings. The van der Waals surface area contributed by atoms with E-state index in [2.05, 4.69) is 10.3 Å². The van der Waals surface area contributed by atoms with Gasteiger partial charge in [0.05, 0.1) is 12.8 Å². The lowest BCUT2D eigenvalue weighted by Crippen LogP contribution is -2.32. The van der Waals surface area contributed by atoms with Gasteiger partial charge in [-0.15, -0.1) is 0 Å². The normalized spacial score (nSPS) is 11.3. The fourth-order valence-electron chi connectivity index (χ4n) is 2.65.